The number of rotatable bonds is 4. The van der Waals surface area contributed by atoms with Crippen molar-refractivity contribution in [3.63, 3.8) is 0 Å². The molecule has 0 spiro atoms. The van der Waals surface area contributed by atoms with Gasteiger partial charge in [-0.25, -0.2) is 10.1 Å². The largest absolute Gasteiger partial charge is 0.334 e. The Labute approximate surface area is 124 Å². The fraction of sp³-hybridized carbons (Fsp3) is 0.357. The lowest BCUT2D eigenvalue weighted by molar-refractivity contribution is 0.381. The van der Waals surface area contributed by atoms with Crippen molar-refractivity contribution in [2.45, 2.75) is 25.9 Å². The van der Waals surface area contributed by atoms with Crippen LogP contribution < -0.4 is 5.14 Å². The Balaban J connectivity index is 1.72. The maximum atomic E-state index is 11.4. The van der Waals surface area contributed by atoms with Crippen molar-refractivity contribution in [2.75, 3.05) is 6.54 Å². The molecular weight excluding hydrogens is 288 g/mol. The van der Waals surface area contributed by atoms with Gasteiger partial charge < -0.3 is 4.57 Å². The summed E-state index contributed by atoms with van der Waals surface area (Å²) in [5.74, 6) is 0. The SMILES string of the molecule is NS(=O)(=O)N1CCc2c(ncn2CCc2ccccc2)C1. The number of aryl methyl sites for hydroxylation is 2. The molecule has 2 heterocycles. The number of nitrogens with zero attached hydrogens (tertiary/aromatic N) is 3. The van der Waals surface area contributed by atoms with Gasteiger partial charge in [-0.1, -0.05) is 30.3 Å². The third-order valence-electron chi connectivity index (χ3n) is 3.80. The van der Waals surface area contributed by atoms with Crippen molar-refractivity contribution in [1.29, 1.82) is 0 Å². The summed E-state index contributed by atoms with van der Waals surface area (Å²) in [4.78, 5) is 4.33. The molecule has 6 nitrogen and oxygen atoms in total. The van der Waals surface area contributed by atoms with E-state index in [0.29, 0.717) is 13.0 Å². The van der Waals surface area contributed by atoms with E-state index in [-0.39, 0.29) is 6.54 Å². The third-order valence-corrected chi connectivity index (χ3v) is 4.83. The Hall–Kier alpha value is -1.70. The molecule has 1 aromatic carbocycles. The van der Waals surface area contributed by atoms with Gasteiger partial charge in [-0.05, 0) is 12.0 Å². The predicted octanol–water partition coefficient (Wildman–Crippen LogP) is 0.687. The topological polar surface area (TPSA) is 81.2 Å². The van der Waals surface area contributed by atoms with Gasteiger partial charge in [-0.3, -0.25) is 0 Å². The normalized spacial score (nSPS) is 15.9. The van der Waals surface area contributed by atoms with E-state index < -0.39 is 10.2 Å². The van der Waals surface area contributed by atoms with Crippen LogP contribution in [0.15, 0.2) is 36.7 Å². The minimum Gasteiger partial charge on any atom is -0.334 e. The van der Waals surface area contributed by atoms with Crippen LogP contribution in [-0.2, 0) is 36.1 Å². The fourth-order valence-corrected chi connectivity index (χ4v) is 3.30. The van der Waals surface area contributed by atoms with E-state index >= 15 is 0 Å². The quantitative estimate of drug-likeness (QED) is 0.902. The zero-order valence-corrected chi connectivity index (χ0v) is 12.5. The maximum Gasteiger partial charge on any atom is 0.277 e. The van der Waals surface area contributed by atoms with Gasteiger partial charge in [0.1, 0.15) is 0 Å². The van der Waals surface area contributed by atoms with Crippen molar-refractivity contribution < 1.29 is 8.42 Å². The number of aromatic nitrogens is 2. The molecule has 1 aliphatic rings. The molecule has 0 saturated carbocycles. The van der Waals surface area contributed by atoms with Crippen LogP contribution >= 0.6 is 0 Å². The average Bonchev–Trinajstić information content (AvgIpc) is 2.87. The molecule has 0 aliphatic carbocycles. The molecule has 2 aromatic rings. The lowest BCUT2D eigenvalue weighted by Crippen LogP contribution is -2.40. The molecule has 0 amide bonds. The molecule has 0 unspecified atom stereocenters. The summed E-state index contributed by atoms with van der Waals surface area (Å²) in [7, 11) is -3.63. The number of hydrogen-bond acceptors (Lipinski definition) is 3. The molecule has 0 fully saturated rings. The fourth-order valence-electron chi connectivity index (χ4n) is 2.65. The Morgan fingerprint density at radius 2 is 2.00 bits per heavy atom. The minimum atomic E-state index is -3.63. The summed E-state index contributed by atoms with van der Waals surface area (Å²) in [5.41, 5.74) is 3.20. The Morgan fingerprint density at radius 1 is 1.24 bits per heavy atom. The van der Waals surface area contributed by atoms with Crippen molar-refractivity contribution in [3.8, 4) is 0 Å². The smallest absolute Gasteiger partial charge is 0.277 e. The number of nitrogens with two attached hydrogens (primary N) is 1. The standard InChI is InChI=1S/C14H18N4O2S/c15-21(19,20)18-9-7-14-13(10-18)16-11-17(14)8-6-12-4-2-1-3-5-12/h1-5,11H,6-10H2,(H2,15,19,20). The van der Waals surface area contributed by atoms with E-state index in [9.17, 15) is 8.42 Å². The van der Waals surface area contributed by atoms with Gasteiger partial charge in [0.05, 0.1) is 18.6 Å². The third kappa shape index (κ3) is 3.15. The number of hydrogen-bond donors (Lipinski definition) is 1. The molecule has 3 rings (SSSR count). The van der Waals surface area contributed by atoms with E-state index in [1.165, 1.54) is 9.87 Å². The first-order chi connectivity index (χ1) is 10.0. The zero-order valence-electron chi connectivity index (χ0n) is 11.6. The van der Waals surface area contributed by atoms with E-state index in [1.807, 2.05) is 18.2 Å². The second-order valence-electron chi connectivity index (χ2n) is 5.20. The highest BCUT2D eigenvalue weighted by Crippen LogP contribution is 2.19. The first-order valence-electron chi connectivity index (χ1n) is 6.89. The summed E-state index contributed by atoms with van der Waals surface area (Å²) in [6.07, 6.45) is 3.38. The van der Waals surface area contributed by atoms with Gasteiger partial charge in [-0.2, -0.15) is 12.7 Å². The van der Waals surface area contributed by atoms with Gasteiger partial charge in [0.15, 0.2) is 0 Å². The number of benzene rings is 1. The van der Waals surface area contributed by atoms with Crippen LogP contribution in [0.3, 0.4) is 0 Å². The Morgan fingerprint density at radius 3 is 2.71 bits per heavy atom. The van der Waals surface area contributed by atoms with Crippen molar-refractivity contribution in [1.82, 2.24) is 13.9 Å². The first kappa shape index (κ1) is 14.2. The summed E-state index contributed by atoms with van der Waals surface area (Å²) >= 11 is 0. The molecule has 0 bridgehead atoms. The second-order valence-corrected chi connectivity index (χ2v) is 6.74. The molecule has 21 heavy (non-hydrogen) atoms. The molecule has 1 aromatic heterocycles. The Kier molecular flexibility index (Phi) is 3.79. The highest BCUT2D eigenvalue weighted by atomic mass is 32.2. The summed E-state index contributed by atoms with van der Waals surface area (Å²) in [6.45, 7) is 1.54. The van der Waals surface area contributed by atoms with Crippen LogP contribution in [0.4, 0.5) is 0 Å². The summed E-state index contributed by atoms with van der Waals surface area (Å²) in [5, 5.41) is 5.17. The van der Waals surface area contributed by atoms with Crippen LogP contribution in [0, 0.1) is 0 Å². The molecule has 0 atom stereocenters. The summed E-state index contributed by atoms with van der Waals surface area (Å²) in [6, 6.07) is 10.3. The lowest BCUT2D eigenvalue weighted by atomic mass is 10.1. The maximum absolute atomic E-state index is 11.4. The van der Waals surface area contributed by atoms with Crippen LogP contribution in [0.1, 0.15) is 17.0 Å². The van der Waals surface area contributed by atoms with Gasteiger partial charge >= 0.3 is 0 Å². The molecule has 112 valence electrons. The number of fused-ring (bicyclic) bond motifs is 1. The van der Waals surface area contributed by atoms with Crippen LogP contribution in [-0.4, -0.2) is 28.8 Å². The minimum absolute atomic E-state index is 0.270. The van der Waals surface area contributed by atoms with E-state index in [1.54, 1.807) is 6.33 Å². The molecular formula is C14H18N4O2S. The molecule has 7 heteroatoms. The molecule has 1 aliphatic heterocycles. The summed E-state index contributed by atoms with van der Waals surface area (Å²) < 4.78 is 26.1. The van der Waals surface area contributed by atoms with Crippen molar-refractivity contribution in [2.24, 2.45) is 5.14 Å². The monoisotopic (exact) mass is 306 g/mol. The van der Waals surface area contributed by atoms with Crippen molar-refractivity contribution in [3.05, 3.63) is 53.6 Å². The van der Waals surface area contributed by atoms with Gasteiger partial charge in [-0.15, -0.1) is 0 Å². The highest BCUT2D eigenvalue weighted by molar-refractivity contribution is 7.86. The first-order valence-corrected chi connectivity index (χ1v) is 8.39. The van der Waals surface area contributed by atoms with Crippen LogP contribution in [0.25, 0.3) is 0 Å². The van der Waals surface area contributed by atoms with Gasteiger partial charge in [0.25, 0.3) is 10.2 Å². The van der Waals surface area contributed by atoms with E-state index in [0.717, 1.165) is 24.4 Å². The van der Waals surface area contributed by atoms with Crippen LogP contribution in [0.2, 0.25) is 0 Å². The van der Waals surface area contributed by atoms with Gasteiger partial charge in [0.2, 0.25) is 0 Å². The van der Waals surface area contributed by atoms with E-state index in [4.69, 9.17) is 5.14 Å². The second kappa shape index (κ2) is 5.59. The number of imidazole rings is 1. The predicted molar refractivity (Wildman–Crippen MR) is 79.6 cm³/mol. The molecule has 2 N–H and O–H groups in total. The molecule has 0 saturated heterocycles. The average molecular weight is 306 g/mol. The molecule has 0 radical (unpaired) electrons. The van der Waals surface area contributed by atoms with Crippen molar-refractivity contribution >= 4 is 10.2 Å². The zero-order chi connectivity index (χ0) is 14.9. The highest BCUT2D eigenvalue weighted by Gasteiger charge is 2.26. The lowest BCUT2D eigenvalue weighted by Gasteiger charge is -2.24. The Bertz CT molecular complexity index is 725. The van der Waals surface area contributed by atoms with Crippen LogP contribution in [0.5, 0.6) is 0 Å². The van der Waals surface area contributed by atoms with Gasteiger partial charge in [0, 0.05) is 25.2 Å². The van der Waals surface area contributed by atoms with E-state index in [2.05, 4.69) is 21.7 Å².